The van der Waals surface area contributed by atoms with Gasteiger partial charge in [0.15, 0.2) is 9.84 Å². The van der Waals surface area contributed by atoms with Gasteiger partial charge in [0.25, 0.3) is 0 Å². The van der Waals surface area contributed by atoms with E-state index >= 15 is 0 Å². The van der Waals surface area contributed by atoms with Crippen LogP contribution in [-0.4, -0.2) is 49.0 Å². The molecular formula is C12H13Cl2NO4S. The van der Waals surface area contributed by atoms with Gasteiger partial charge in [0.2, 0.25) is 5.91 Å². The Labute approximate surface area is 127 Å². The predicted molar refractivity (Wildman–Crippen MR) is 78.1 cm³/mol. The first-order valence-electron chi connectivity index (χ1n) is 5.87. The summed E-state index contributed by atoms with van der Waals surface area (Å²) < 4.78 is 23.2. The van der Waals surface area contributed by atoms with Gasteiger partial charge >= 0.3 is 0 Å². The Morgan fingerprint density at radius 1 is 1.35 bits per heavy atom. The van der Waals surface area contributed by atoms with E-state index in [2.05, 4.69) is 0 Å². The van der Waals surface area contributed by atoms with Gasteiger partial charge in [0, 0.05) is 0 Å². The van der Waals surface area contributed by atoms with Crippen LogP contribution in [0.4, 0.5) is 5.69 Å². The van der Waals surface area contributed by atoms with Crippen molar-refractivity contribution in [2.24, 2.45) is 0 Å². The molecule has 2 atom stereocenters. The van der Waals surface area contributed by atoms with Gasteiger partial charge in [0.05, 0.1) is 34.4 Å². The number of rotatable bonds is 3. The van der Waals surface area contributed by atoms with E-state index in [1.54, 1.807) is 24.3 Å². The van der Waals surface area contributed by atoms with E-state index in [0.29, 0.717) is 10.7 Å². The summed E-state index contributed by atoms with van der Waals surface area (Å²) in [5.41, 5.74) is 0.348. The number of hydrogen-bond acceptors (Lipinski definition) is 4. The van der Waals surface area contributed by atoms with Crippen molar-refractivity contribution in [3.8, 4) is 0 Å². The molecule has 0 unspecified atom stereocenters. The van der Waals surface area contributed by atoms with Crippen molar-refractivity contribution in [3.05, 3.63) is 29.3 Å². The van der Waals surface area contributed by atoms with Gasteiger partial charge in [-0.3, -0.25) is 4.79 Å². The molecule has 0 bridgehead atoms. The fourth-order valence-corrected chi connectivity index (χ4v) is 4.39. The molecule has 20 heavy (non-hydrogen) atoms. The third-order valence-corrected chi connectivity index (χ3v) is 5.37. The summed E-state index contributed by atoms with van der Waals surface area (Å²) in [5.74, 6) is -1.49. The Hall–Kier alpha value is -0.820. The van der Waals surface area contributed by atoms with Gasteiger partial charge in [-0.05, 0) is 12.1 Å². The normalized spacial score (nSPS) is 24.6. The molecule has 5 nitrogen and oxygen atoms in total. The molecule has 0 aliphatic carbocycles. The number of benzene rings is 1. The van der Waals surface area contributed by atoms with Crippen LogP contribution in [0.25, 0.3) is 0 Å². The summed E-state index contributed by atoms with van der Waals surface area (Å²) in [7, 11) is -3.38. The number of hydrogen-bond donors (Lipinski definition) is 1. The molecule has 1 saturated heterocycles. The number of carbonyl (C=O) groups is 1. The highest BCUT2D eigenvalue weighted by atomic mass is 35.5. The van der Waals surface area contributed by atoms with Crippen molar-refractivity contribution in [3.63, 3.8) is 0 Å². The summed E-state index contributed by atoms with van der Waals surface area (Å²) in [6, 6.07) is 5.67. The van der Waals surface area contributed by atoms with Crippen LogP contribution in [0.5, 0.6) is 0 Å². The Kier molecular flexibility index (Phi) is 4.59. The molecule has 0 radical (unpaired) electrons. The Balaban J connectivity index is 2.45. The smallest absolute Gasteiger partial charge is 0.242 e. The second kappa shape index (κ2) is 5.89. The standard InChI is InChI=1S/C12H13Cl2NO4S/c13-5-12(17)15(9-4-2-1-3-8(9)14)10-6-20(18,19)7-11(10)16/h1-4,10-11,16H,5-7H2/t10-,11+/m1/s1. The van der Waals surface area contributed by atoms with Crippen LogP contribution in [0.3, 0.4) is 0 Å². The van der Waals surface area contributed by atoms with Gasteiger partial charge in [-0.2, -0.15) is 0 Å². The van der Waals surface area contributed by atoms with Gasteiger partial charge in [0.1, 0.15) is 5.88 Å². The lowest BCUT2D eigenvalue weighted by Gasteiger charge is -2.30. The molecular weight excluding hydrogens is 325 g/mol. The second-order valence-corrected chi connectivity index (χ2v) is 7.39. The lowest BCUT2D eigenvalue weighted by Crippen LogP contribution is -2.47. The minimum absolute atomic E-state index is 0.294. The minimum atomic E-state index is -3.38. The number of alkyl halides is 1. The molecule has 1 fully saturated rings. The lowest BCUT2D eigenvalue weighted by molar-refractivity contribution is -0.117. The first kappa shape index (κ1) is 15.6. The summed E-state index contributed by atoms with van der Waals surface area (Å²) in [4.78, 5) is 13.2. The third-order valence-electron chi connectivity index (χ3n) is 3.12. The zero-order valence-corrected chi connectivity index (χ0v) is 12.7. The van der Waals surface area contributed by atoms with Crippen molar-refractivity contribution in [2.45, 2.75) is 12.1 Å². The topological polar surface area (TPSA) is 74.7 Å². The van der Waals surface area contributed by atoms with Gasteiger partial charge in [-0.25, -0.2) is 8.42 Å². The second-order valence-electron chi connectivity index (χ2n) is 4.56. The number of carbonyl (C=O) groups excluding carboxylic acids is 1. The molecule has 0 aromatic heterocycles. The number of amides is 1. The number of sulfone groups is 1. The van der Waals surface area contributed by atoms with Crippen molar-refractivity contribution >= 4 is 44.6 Å². The number of anilines is 1. The number of aliphatic hydroxyl groups is 1. The highest BCUT2D eigenvalue weighted by Gasteiger charge is 2.42. The summed E-state index contributed by atoms with van der Waals surface area (Å²) in [6.45, 7) is 0. The summed E-state index contributed by atoms with van der Waals surface area (Å²) in [6.07, 6.45) is -1.15. The molecule has 1 N–H and O–H groups in total. The molecule has 1 aromatic carbocycles. The van der Waals surface area contributed by atoms with E-state index in [1.165, 1.54) is 4.90 Å². The average molecular weight is 338 g/mol. The highest BCUT2D eigenvalue weighted by molar-refractivity contribution is 7.91. The van der Waals surface area contributed by atoms with Crippen LogP contribution in [-0.2, 0) is 14.6 Å². The summed E-state index contributed by atoms with van der Waals surface area (Å²) >= 11 is 11.6. The number of nitrogens with zero attached hydrogens (tertiary/aromatic N) is 1. The first-order chi connectivity index (χ1) is 9.35. The highest BCUT2D eigenvalue weighted by Crippen LogP contribution is 2.31. The first-order valence-corrected chi connectivity index (χ1v) is 8.60. The van der Waals surface area contributed by atoms with Crippen molar-refractivity contribution in [1.82, 2.24) is 0 Å². The van der Waals surface area contributed by atoms with E-state index < -0.39 is 27.9 Å². The molecule has 1 aliphatic rings. The van der Waals surface area contributed by atoms with Crippen LogP contribution < -0.4 is 4.90 Å². The molecule has 1 heterocycles. The van der Waals surface area contributed by atoms with Crippen LogP contribution in [0.2, 0.25) is 5.02 Å². The van der Waals surface area contributed by atoms with E-state index in [4.69, 9.17) is 23.2 Å². The number of para-hydroxylation sites is 1. The zero-order valence-electron chi connectivity index (χ0n) is 10.4. The Bertz CT molecular complexity index is 620. The van der Waals surface area contributed by atoms with Crippen LogP contribution in [0.1, 0.15) is 0 Å². The maximum Gasteiger partial charge on any atom is 0.242 e. The Morgan fingerprint density at radius 3 is 2.50 bits per heavy atom. The minimum Gasteiger partial charge on any atom is -0.390 e. The molecule has 2 rings (SSSR count). The zero-order chi connectivity index (χ0) is 14.9. The van der Waals surface area contributed by atoms with Gasteiger partial charge in [-0.1, -0.05) is 23.7 Å². The van der Waals surface area contributed by atoms with Crippen LogP contribution in [0, 0.1) is 0 Å². The van der Waals surface area contributed by atoms with E-state index in [-0.39, 0.29) is 17.4 Å². The molecule has 1 amide bonds. The maximum atomic E-state index is 12.0. The SMILES string of the molecule is O=C(CCl)N(c1ccccc1Cl)[C@@H]1CS(=O)(=O)C[C@@H]1O. The maximum absolute atomic E-state index is 12.0. The molecule has 110 valence electrons. The number of halogens is 2. The van der Waals surface area contributed by atoms with Crippen LogP contribution in [0.15, 0.2) is 24.3 Å². The largest absolute Gasteiger partial charge is 0.390 e. The van der Waals surface area contributed by atoms with Crippen molar-refractivity contribution in [1.29, 1.82) is 0 Å². The third kappa shape index (κ3) is 3.09. The average Bonchev–Trinajstić information content (AvgIpc) is 2.65. The van der Waals surface area contributed by atoms with Gasteiger partial charge in [-0.15, -0.1) is 11.6 Å². The molecule has 0 saturated carbocycles. The van der Waals surface area contributed by atoms with Gasteiger partial charge < -0.3 is 10.0 Å². The van der Waals surface area contributed by atoms with E-state index in [9.17, 15) is 18.3 Å². The molecule has 8 heteroatoms. The predicted octanol–water partition coefficient (Wildman–Crippen LogP) is 1.07. The monoisotopic (exact) mass is 337 g/mol. The van der Waals surface area contributed by atoms with Crippen LogP contribution >= 0.6 is 23.2 Å². The molecule has 1 aliphatic heterocycles. The van der Waals surface area contributed by atoms with E-state index in [0.717, 1.165) is 0 Å². The summed E-state index contributed by atoms with van der Waals surface area (Å²) in [5, 5.41) is 10.2. The van der Waals surface area contributed by atoms with E-state index in [1.807, 2.05) is 0 Å². The fourth-order valence-electron chi connectivity index (χ4n) is 2.27. The fraction of sp³-hybridized carbons (Fsp3) is 0.417. The molecule has 0 spiro atoms. The van der Waals surface area contributed by atoms with Crippen molar-refractivity contribution < 1.29 is 18.3 Å². The quantitative estimate of drug-likeness (QED) is 0.837. The number of aliphatic hydroxyl groups excluding tert-OH is 1. The lowest BCUT2D eigenvalue weighted by atomic mass is 10.1. The van der Waals surface area contributed by atoms with Crippen molar-refractivity contribution in [2.75, 3.05) is 22.3 Å². The Morgan fingerprint density at radius 2 is 2.00 bits per heavy atom. The molecule has 1 aromatic rings.